The molecule has 0 aromatic carbocycles. The average Bonchev–Trinajstić information content (AvgIpc) is 2.75. The molecule has 1 aliphatic heterocycles. The number of pyridine rings is 1. The first-order chi connectivity index (χ1) is 8.24. The van der Waals surface area contributed by atoms with Crippen molar-refractivity contribution in [2.24, 2.45) is 0 Å². The Bertz CT molecular complexity index is 323. The Labute approximate surface area is 104 Å². The molecule has 1 aliphatic rings. The van der Waals surface area contributed by atoms with Gasteiger partial charge in [-0.2, -0.15) is 0 Å². The zero-order valence-electron chi connectivity index (χ0n) is 10.9. The van der Waals surface area contributed by atoms with E-state index in [0.29, 0.717) is 12.1 Å². The molecular formula is C14H23N3. The number of nitrogens with one attached hydrogen (secondary N) is 1. The van der Waals surface area contributed by atoms with Gasteiger partial charge in [-0.3, -0.25) is 4.98 Å². The highest BCUT2D eigenvalue weighted by atomic mass is 15.2. The highest BCUT2D eigenvalue weighted by molar-refractivity contribution is 5.08. The van der Waals surface area contributed by atoms with Gasteiger partial charge in [0.1, 0.15) is 0 Å². The Morgan fingerprint density at radius 1 is 1.53 bits per heavy atom. The molecule has 0 aliphatic carbocycles. The van der Waals surface area contributed by atoms with E-state index in [1.54, 1.807) is 0 Å². The third-order valence-electron chi connectivity index (χ3n) is 3.28. The topological polar surface area (TPSA) is 28.2 Å². The van der Waals surface area contributed by atoms with Crippen LogP contribution in [0.1, 0.15) is 25.8 Å². The maximum absolute atomic E-state index is 4.15. The van der Waals surface area contributed by atoms with Crippen LogP contribution in [0.2, 0.25) is 0 Å². The Balaban J connectivity index is 1.71. The van der Waals surface area contributed by atoms with Gasteiger partial charge in [-0.25, -0.2) is 0 Å². The lowest BCUT2D eigenvalue weighted by molar-refractivity contribution is 0.328. The molecule has 0 radical (unpaired) electrons. The molecular weight excluding hydrogens is 210 g/mol. The van der Waals surface area contributed by atoms with Gasteiger partial charge in [-0.15, -0.1) is 0 Å². The van der Waals surface area contributed by atoms with Crippen molar-refractivity contribution in [2.75, 3.05) is 19.6 Å². The van der Waals surface area contributed by atoms with Gasteiger partial charge in [0.2, 0.25) is 0 Å². The van der Waals surface area contributed by atoms with Gasteiger partial charge in [-0.05, 0) is 31.0 Å². The first kappa shape index (κ1) is 12.5. The summed E-state index contributed by atoms with van der Waals surface area (Å²) in [6.45, 7) is 8.02. The Morgan fingerprint density at radius 2 is 2.41 bits per heavy atom. The van der Waals surface area contributed by atoms with Crippen LogP contribution >= 0.6 is 0 Å². The van der Waals surface area contributed by atoms with Gasteiger partial charge in [0.25, 0.3) is 0 Å². The second-order valence-corrected chi connectivity index (χ2v) is 5.22. The molecule has 3 nitrogen and oxygen atoms in total. The molecule has 0 amide bonds. The molecule has 1 atom stereocenters. The number of aromatic nitrogens is 1. The van der Waals surface area contributed by atoms with E-state index in [2.05, 4.69) is 35.1 Å². The minimum atomic E-state index is 0.596. The molecule has 2 heterocycles. The Hall–Kier alpha value is -0.930. The smallest absolute Gasteiger partial charge is 0.0300 e. The second-order valence-electron chi connectivity index (χ2n) is 5.22. The summed E-state index contributed by atoms with van der Waals surface area (Å²) in [4.78, 5) is 6.70. The van der Waals surface area contributed by atoms with E-state index in [0.717, 1.165) is 13.0 Å². The quantitative estimate of drug-likeness (QED) is 0.839. The average molecular weight is 233 g/mol. The molecule has 17 heavy (non-hydrogen) atoms. The van der Waals surface area contributed by atoms with Crippen molar-refractivity contribution >= 4 is 0 Å². The number of nitrogens with zero attached hydrogens (tertiary/aromatic N) is 2. The maximum Gasteiger partial charge on any atom is 0.0300 e. The van der Waals surface area contributed by atoms with Gasteiger partial charge in [0, 0.05) is 37.6 Å². The normalized spacial score (nSPS) is 21.2. The molecule has 1 unspecified atom stereocenters. The lowest BCUT2D eigenvalue weighted by Gasteiger charge is -2.18. The first-order valence-electron chi connectivity index (χ1n) is 6.61. The Morgan fingerprint density at radius 3 is 3.12 bits per heavy atom. The summed E-state index contributed by atoms with van der Waals surface area (Å²) in [5, 5.41) is 3.62. The van der Waals surface area contributed by atoms with Gasteiger partial charge < -0.3 is 10.2 Å². The molecule has 1 fully saturated rings. The zero-order chi connectivity index (χ0) is 12.1. The third kappa shape index (κ3) is 4.10. The number of likely N-dealkylation sites (tertiary alicyclic amines) is 1. The molecule has 1 saturated heterocycles. The fraction of sp³-hybridized carbons (Fsp3) is 0.643. The molecule has 1 N–H and O–H groups in total. The lowest BCUT2D eigenvalue weighted by Crippen LogP contribution is -2.37. The SMILES string of the molecule is CC(C)NC1CCN(CCc2cccnc2)C1. The number of rotatable bonds is 5. The van der Waals surface area contributed by atoms with E-state index >= 15 is 0 Å². The van der Waals surface area contributed by atoms with Crippen LogP contribution in [0.4, 0.5) is 0 Å². The fourth-order valence-corrected chi connectivity index (χ4v) is 2.48. The summed E-state index contributed by atoms with van der Waals surface area (Å²) in [7, 11) is 0. The summed E-state index contributed by atoms with van der Waals surface area (Å²) in [5.74, 6) is 0. The summed E-state index contributed by atoms with van der Waals surface area (Å²) in [6, 6.07) is 5.46. The van der Waals surface area contributed by atoms with Crippen molar-refractivity contribution in [3.8, 4) is 0 Å². The van der Waals surface area contributed by atoms with E-state index < -0.39 is 0 Å². The second kappa shape index (κ2) is 6.12. The van der Waals surface area contributed by atoms with Crippen LogP contribution in [-0.4, -0.2) is 41.6 Å². The summed E-state index contributed by atoms with van der Waals surface area (Å²) >= 11 is 0. The van der Waals surface area contributed by atoms with Crippen LogP contribution < -0.4 is 5.32 Å². The van der Waals surface area contributed by atoms with Crippen molar-refractivity contribution in [1.29, 1.82) is 0 Å². The zero-order valence-corrected chi connectivity index (χ0v) is 10.9. The summed E-state index contributed by atoms with van der Waals surface area (Å²) < 4.78 is 0. The third-order valence-corrected chi connectivity index (χ3v) is 3.28. The lowest BCUT2D eigenvalue weighted by atomic mass is 10.2. The summed E-state index contributed by atoms with van der Waals surface area (Å²) in [6.07, 6.45) is 6.20. The molecule has 3 heteroatoms. The molecule has 1 aromatic rings. The van der Waals surface area contributed by atoms with E-state index in [1.807, 2.05) is 18.5 Å². The van der Waals surface area contributed by atoms with Crippen LogP contribution in [0.3, 0.4) is 0 Å². The van der Waals surface area contributed by atoms with Gasteiger partial charge in [-0.1, -0.05) is 19.9 Å². The Kier molecular flexibility index (Phi) is 4.51. The van der Waals surface area contributed by atoms with Crippen LogP contribution in [0.15, 0.2) is 24.5 Å². The van der Waals surface area contributed by atoms with Crippen molar-refractivity contribution < 1.29 is 0 Å². The van der Waals surface area contributed by atoms with Crippen molar-refractivity contribution in [2.45, 2.75) is 38.8 Å². The van der Waals surface area contributed by atoms with Crippen molar-refractivity contribution in [1.82, 2.24) is 15.2 Å². The van der Waals surface area contributed by atoms with Crippen molar-refractivity contribution in [3.63, 3.8) is 0 Å². The van der Waals surface area contributed by atoms with E-state index in [4.69, 9.17) is 0 Å². The first-order valence-corrected chi connectivity index (χ1v) is 6.61. The van der Waals surface area contributed by atoms with Gasteiger partial charge in [0.05, 0.1) is 0 Å². The highest BCUT2D eigenvalue weighted by Gasteiger charge is 2.21. The molecule has 0 bridgehead atoms. The molecule has 2 rings (SSSR count). The van der Waals surface area contributed by atoms with E-state index in [-0.39, 0.29) is 0 Å². The largest absolute Gasteiger partial charge is 0.310 e. The number of hydrogen-bond acceptors (Lipinski definition) is 3. The van der Waals surface area contributed by atoms with Gasteiger partial charge in [0.15, 0.2) is 0 Å². The van der Waals surface area contributed by atoms with Gasteiger partial charge >= 0.3 is 0 Å². The van der Waals surface area contributed by atoms with Crippen LogP contribution in [0.5, 0.6) is 0 Å². The summed E-state index contributed by atoms with van der Waals surface area (Å²) in [5.41, 5.74) is 1.34. The van der Waals surface area contributed by atoms with Crippen LogP contribution in [0.25, 0.3) is 0 Å². The predicted octanol–water partition coefficient (Wildman–Crippen LogP) is 1.70. The predicted molar refractivity (Wildman–Crippen MR) is 71.1 cm³/mol. The molecule has 0 spiro atoms. The van der Waals surface area contributed by atoms with E-state index in [1.165, 1.54) is 25.1 Å². The minimum Gasteiger partial charge on any atom is -0.310 e. The van der Waals surface area contributed by atoms with Crippen molar-refractivity contribution in [3.05, 3.63) is 30.1 Å². The van der Waals surface area contributed by atoms with Crippen LogP contribution in [-0.2, 0) is 6.42 Å². The van der Waals surface area contributed by atoms with Crippen LogP contribution in [0, 0.1) is 0 Å². The number of hydrogen-bond donors (Lipinski definition) is 1. The molecule has 0 saturated carbocycles. The molecule has 1 aromatic heterocycles. The highest BCUT2D eigenvalue weighted by Crippen LogP contribution is 2.10. The molecule has 94 valence electrons. The fourth-order valence-electron chi connectivity index (χ4n) is 2.48. The minimum absolute atomic E-state index is 0.596. The standard InChI is InChI=1S/C14H23N3/c1-12(2)16-14-6-9-17(11-14)8-5-13-4-3-7-15-10-13/h3-4,7,10,12,14,16H,5-6,8-9,11H2,1-2H3. The van der Waals surface area contributed by atoms with E-state index in [9.17, 15) is 0 Å². The monoisotopic (exact) mass is 233 g/mol. The maximum atomic E-state index is 4.15.